The van der Waals surface area contributed by atoms with E-state index < -0.39 is 6.52 Å². The quantitative estimate of drug-likeness (QED) is 0.747. The first-order chi connectivity index (χ1) is 7.65. The van der Waals surface area contributed by atoms with Gasteiger partial charge < -0.3 is 15.4 Å². The number of hydrogen-bond acceptors (Lipinski definition) is 3. The molecule has 0 amide bonds. The average Bonchev–Trinajstić information content (AvgIpc) is 2.27. The largest absolute Gasteiger partial charge is 0.458 e. The number of likely N-dealkylation sites (N-methyl/N-ethyl adjacent to an activating group) is 1. The summed E-state index contributed by atoms with van der Waals surface area (Å²) in [5, 5.41) is 0. The van der Waals surface area contributed by atoms with Crippen molar-refractivity contribution in [1.82, 2.24) is 4.90 Å². The van der Waals surface area contributed by atoms with E-state index in [2.05, 4.69) is 0 Å². The van der Waals surface area contributed by atoms with Crippen molar-refractivity contribution in [3.63, 3.8) is 0 Å². The number of anilines is 1. The van der Waals surface area contributed by atoms with Crippen molar-refractivity contribution >= 4 is 5.69 Å². The maximum Gasteiger partial charge on any atom is 0.127 e. The summed E-state index contributed by atoms with van der Waals surface area (Å²) >= 11 is 0. The zero-order valence-corrected chi connectivity index (χ0v) is 8.55. The normalized spacial score (nSPS) is 20.9. The first-order valence-electron chi connectivity index (χ1n) is 5.30. The van der Waals surface area contributed by atoms with E-state index in [0.717, 1.165) is 5.75 Å². The minimum Gasteiger partial charge on any atom is -0.458 e. The van der Waals surface area contributed by atoms with E-state index in [9.17, 15) is 0 Å². The molecule has 0 aliphatic carbocycles. The Morgan fingerprint density at radius 2 is 2.13 bits per heavy atom. The SMILES string of the molecule is [2H]C1C=C(Oc2ccc(N)cc2)C=CN1C. The van der Waals surface area contributed by atoms with E-state index in [1.54, 1.807) is 35.2 Å². The van der Waals surface area contributed by atoms with Crippen molar-refractivity contribution in [2.45, 2.75) is 0 Å². The molecule has 1 unspecified atom stereocenters. The minimum atomic E-state index is -0.395. The molecule has 0 fully saturated rings. The predicted molar refractivity (Wildman–Crippen MR) is 61.3 cm³/mol. The third-order valence-electron chi connectivity index (χ3n) is 2.06. The highest BCUT2D eigenvalue weighted by atomic mass is 16.5. The van der Waals surface area contributed by atoms with Crippen LogP contribution in [-0.2, 0) is 0 Å². The predicted octanol–water partition coefficient (Wildman–Crippen LogP) is 1.99. The molecule has 2 N–H and O–H groups in total. The fourth-order valence-corrected chi connectivity index (χ4v) is 1.23. The lowest BCUT2D eigenvalue weighted by Crippen LogP contribution is -2.15. The molecule has 0 radical (unpaired) electrons. The maximum absolute atomic E-state index is 7.71. The van der Waals surface area contributed by atoms with Crippen LogP contribution in [0.25, 0.3) is 0 Å². The van der Waals surface area contributed by atoms with Crippen molar-refractivity contribution < 1.29 is 6.11 Å². The van der Waals surface area contributed by atoms with Crippen LogP contribution in [0.4, 0.5) is 5.69 Å². The van der Waals surface area contributed by atoms with Crippen LogP contribution in [0.2, 0.25) is 0 Å². The number of rotatable bonds is 2. The minimum absolute atomic E-state index is 0.395. The number of nitrogens with two attached hydrogens (primary N) is 1. The summed E-state index contributed by atoms with van der Waals surface area (Å²) in [6.45, 7) is -0.395. The average molecular weight is 203 g/mol. The second kappa shape index (κ2) is 4.09. The second-order valence-corrected chi connectivity index (χ2v) is 3.37. The first-order valence-corrected chi connectivity index (χ1v) is 4.73. The third kappa shape index (κ3) is 2.53. The van der Waals surface area contributed by atoms with Gasteiger partial charge in [0, 0.05) is 25.5 Å². The number of nitrogen functional groups attached to an aromatic ring is 1. The Labute approximate surface area is 90.9 Å². The van der Waals surface area contributed by atoms with Gasteiger partial charge in [0.05, 0.1) is 1.37 Å². The summed E-state index contributed by atoms with van der Waals surface area (Å²) in [7, 11) is 1.85. The lowest BCUT2D eigenvalue weighted by molar-refractivity contribution is 0.416. The highest BCUT2D eigenvalue weighted by Crippen LogP contribution is 2.17. The van der Waals surface area contributed by atoms with Gasteiger partial charge in [-0.15, -0.1) is 0 Å². The summed E-state index contributed by atoms with van der Waals surface area (Å²) in [6.07, 6.45) is 5.40. The molecular formula is C12H14N2O. The number of benzene rings is 1. The molecule has 0 saturated heterocycles. The molecule has 3 heteroatoms. The zero-order chi connectivity index (χ0) is 11.5. The van der Waals surface area contributed by atoms with E-state index >= 15 is 0 Å². The van der Waals surface area contributed by atoms with Crippen LogP contribution < -0.4 is 10.5 Å². The molecule has 0 aromatic heterocycles. The Balaban J connectivity index is 2.08. The topological polar surface area (TPSA) is 38.5 Å². The van der Waals surface area contributed by atoms with Crippen LogP contribution >= 0.6 is 0 Å². The van der Waals surface area contributed by atoms with Crippen LogP contribution in [0.3, 0.4) is 0 Å². The molecule has 3 nitrogen and oxygen atoms in total. The van der Waals surface area contributed by atoms with Crippen molar-refractivity contribution in [1.29, 1.82) is 0 Å². The van der Waals surface area contributed by atoms with E-state index in [1.807, 2.05) is 19.3 Å². The molecule has 0 saturated carbocycles. The molecule has 1 aromatic rings. The summed E-state index contributed by atoms with van der Waals surface area (Å²) < 4.78 is 13.3. The Morgan fingerprint density at radius 1 is 1.40 bits per heavy atom. The van der Waals surface area contributed by atoms with Gasteiger partial charge in [0.1, 0.15) is 11.5 Å². The standard InChI is InChI=1S/C12H14N2O/c1-14-8-6-12(7-9-14)15-11-4-2-10(13)3-5-11/h2-8H,9,13H2,1H3/i9D. The number of hydrogen-bond donors (Lipinski definition) is 1. The van der Waals surface area contributed by atoms with Crippen molar-refractivity contribution in [3.8, 4) is 5.75 Å². The van der Waals surface area contributed by atoms with E-state index in [4.69, 9.17) is 11.8 Å². The van der Waals surface area contributed by atoms with Gasteiger partial charge in [-0.25, -0.2) is 0 Å². The summed E-state index contributed by atoms with van der Waals surface area (Å²) in [5.41, 5.74) is 6.29. The molecule has 1 heterocycles. The van der Waals surface area contributed by atoms with Crippen molar-refractivity contribution in [3.05, 3.63) is 48.4 Å². The van der Waals surface area contributed by atoms with Crippen LogP contribution in [-0.4, -0.2) is 18.5 Å². The van der Waals surface area contributed by atoms with Gasteiger partial charge in [0.2, 0.25) is 0 Å². The Kier molecular flexibility index (Phi) is 2.29. The van der Waals surface area contributed by atoms with Crippen LogP contribution in [0.5, 0.6) is 5.75 Å². The number of allylic oxidation sites excluding steroid dienone is 1. The Morgan fingerprint density at radius 3 is 2.80 bits per heavy atom. The highest BCUT2D eigenvalue weighted by Gasteiger charge is 2.02. The molecular weight excluding hydrogens is 188 g/mol. The number of ether oxygens (including phenoxy) is 1. The van der Waals surface area contributed by atoms with Crippen molar-refractivity contribution in [2.24, 2.45) is 0 Å². The van der Waals surface area contributed by atoms with E-state index in [0.29, 0.717) is 11.4 Å². The molecule has 0 bridgehead atoms. The van der Waals surface area contributed by atoms with Crippen LogP contribution in [0.15, 0.2) is 48.4 Å². The lowest BCUT2D eigenvalue weighted by atomic mass is 10.3. The van der Waals surface area contributed by atoms with E-state index in [-0.39, 0.29) is 0 Å². The summed E-state index contributed by atoms with van der Waals surface area (Å²) in [6, 6.07) is 7.18. The summed E-state index contributed by atoms with van der Waals surface area (Å²) in [5.74, 6) is 1.41. The van der Waals surface area contributed by atoms with Gasteiger partial charge in [-0.2, -0.15) is 0 Å². The van der Waals surface area contributed by atoms with Gasteiger partial charge in [0.15, 0.2) is 0 Å². The molecule has 1 atom stereocenters. The van der Waals surface area contributed by atoms with E-state index in [1.165, 1.54) is 0 Å². The van der Waals surface area contributed by atoms with Gasteiger partial charge in [-0.05, 0) is 36.4 Å². The summed E-state index contributed by atoms with van der Waals surface area (Å²) in [4.78, 5) is 1.79. The van der Waals surface area contributed by atoms with Gasteiger partial charge >= 0.3 is 0 Å². The number of nitrogens with zero attached hydrogens (tertiary/aromatic N) is 1. The fraction of sp³-hybridized carbons (Fsp3) is 0.167. The second-order valence-electron chi connectivity index (χ2n) is 3.37. The van der Waals surface area contributed by atoms with Gasteiger partial charge in [0.25, 0.3) is 0 Å². The van der Waals surface area contributed by atoms with Crippen molar-refractivity contribution in [2.75, 3.05) is 19.3 Å². The Hall–Kier alpha value is -1.90. The lowest BCUT2D eigenvalue weighted by Gasteiger charge is -2.17. The zero-order valence-electron chi connectivity index (χ0n) is 9.55. The molecule has 2 rings (SSSR count). The highest BCUT2D eigenvalue weighted by molar-refractivity contribution is 5.42. The molecule has 78 valence electrons. The first kappa shape index (κ1) is 8.41. The fourth-order valence-electron chi connectivity index (χ4n) is 1.23. The van der Waals surface area contributed by atoms with Crippen LogP contribution in [0.1, 0.15) is 1.37 Å². The maximum atomic E-state index is 7.71. The molecule has 15 heavy (non-hydrogen) atoms. The smallest absolute Gasteiger partial charge is 0.127 e. The van der Waals surface area contributed by atoms with Crippen LogP contribution in [0, 0.1) is 0 Å². The molecule has 1 aliphatic rings. The molecule has 0 spiro atoms. The Bertz CT molecular complexity index is 425. The third-order valence-corrected chi connectivity index (χ3v) is 2.06. The van der Waals surface area contributed by atoms with Gasteiger partial charge in [-0.1, -0.05) is 0 Å². The monoisotopic (exact) mass is 203 g/mol. The molecule has 1 aliphatic heterocycles. The van der Waals surface area contributed by atoms with Gasteiger partial charge in [-0.3, -0.25) is 0 Å². The molecule has 1 aromatic carbocycles.